The summed E-state index contributed by atoms with van der Waals surface area (Å²) in [6.45, 7) is 3.16. The van der Waals surface area contributed by atoms with E-state index < -0.39 is 0 Å². The molecule has 0 aromatic heterocycles. The molecule has 0 radical (unpaired) electrons. The van der Waals surface area contributed by atoms with Crippen LogP contribution in [-0.2, 0) is 0 Å². The van der Waals surface area contributed by atoms with E-state index in [0.717, 1.165) is 30.1 Å². The minimum atomic E-state index is -0.348. The van der Waals surface area contributed by atoms with Crippen LogP contribution >= 0.6 is 11.6 Å². The maximum atomic E-state index is 13.2. The van der Waals surface area contributed by atoms with Gasteiger partial charge in [0, 0.05) is 18.1 Å². The fourth-order valence-electron chi connectivity index (χ4n) is 3.93. The molecule has 2 nitrogen and oxygen atoms in total. The van der Waals surface area contributed by atoms with E-state index in [1.165, 1.54) is 31.7 Å². The molecule has 2 bridgehead atoms. The van der Waals surface area contributed by atoms with Gasteiger partial charge in [0.25, 0.3) is 0 Å². The van der Waals surface area contributed by atoms with Crippen molar-refractivity contribution in [2.24, 2.45) is 5.92 Å². The van der Waals surface area contributed by atoms with Gasteiger partial charge < -0.3 is 10.2 Å². The predicted molar refractivity (Wildman–Crippen MR) is 85.1 cm³/mol. The Morgan fingerprint density at radius 3 is 2.62 bits per heavy atom. The summed E-state index contributed by atoms with van der Waals surface area (Å²) in [5.74, 6) is 0.413. The maximum Gasteiger partial charge on any atom is 0.141 e. The zero-order valence-electron chi connectivity index (χ0n) is 12.8. The van der Waals surface area contributed by atoms with Crippen molar-refractivity contribution < 1.29 is 4.39 Å². The molecule has 2 aliphatic heterocycles. The molecule has 3 unspecified atom stereocenters. The molecule has 1 aromatic rings. The highest BCUT2D eigenvalue weighted by Crippen LogP contribution is 2.37. The van der Waals surface area contributed by atoms with Crippen LogP contribution in [0.2, 0.25) is 5.02 Å². The molecule has 3 atom stereocenters. The molecule has 2 heterocycles. The van der Waals surface area contributed by atoms with E-state index in [1.54, 1.807) is 6.07 Å². The van der Waals surface area contributed by atoms with Gasteiger partial charge >= 0.3 is 0 Å². The summed E-state index contributed by atoms with van der Waals surface area (Å²) in [6, 6.07) is 6.77. The van der Waals surface area contributed by atoms with E-state index in [0.29, 0.717) is 0 Å². The van der Waals surface area contributed by atoms with Gasteiger partial charge in [-0.3, -0.25) is 0 Å². The van der Waals surface area contributed by atoms with E-state index in [9.17, 15) is 4.39 Å². The van der Waals surface area contributed by atoms with E-state index in [4.69, 9.17) is 11.6 Å². The van der Waals surface area contributed by atoms with Crippen LogP contribution in [0.1, 0.15) is 44.2 Å². The van der Waals surface area contributed by atoms with Crippen LogP contribution in [-0.4, -0.2) is 30.6 Å². The molecule has 21 heavy (non-hydrogen) atoms. The molecule has 0 saturated carbocycles. The highest BCUT2D eigenvalue weighted by molar-refractivity contribution is 6.30. The van der Waals surface area contributed by atoms with Crippen molar-refractivity contribution in [1.82, 2.24) is 10.2 Å². The summed E-state index contributed by atoms with van der Waals surface area (Å²) >= 11 is 5.86. The normalized spacial score (nSPS) is 30.6. The molecule has 2 fully saturated rings. The van der Waals surface area contributed by atoms with Crippen molar-refractivity contribution >= 4 is 11.6 Å². The lowest BCUT2D eigenvalue weighted by atomic mass is 9.90. The zero-order valence-corrected chi connectivity index (χ0v) is 13.5. The van der Waals surface area contributed by atoms with Crippen LogP contribution in [0.3, 0.4) is 0 Å². The summed E-state index contributed by atoms with van der Waals surface area (Å²) < 4.78 is 13.2. The highest BCUT2D eigenvalue weighted by Gasteiger charge is 2.38. The van der Waals surface area contributed by atoms with Gasteiger partial charge in [0.15, 0.2) is 0 Å². The average molecular weight is 311 g/mol. The molecule has 2 saturated heterocycles. The van der Waals surface area contributed by atoms with Crippen molar-refractivity contribution in [3.05, 3.63) is 34.6 Å². The molecule has 2 aliphatic rings. The first-order chi connectivity index (χ1) is 10.0. The third kappa shape index (κ3) is 3.25. The zero-order chi connectivity index (χ0) is 15.0. The van der Waals surface area contributed by atoms with Crippen LogP contribution in [0.25, 0.3) is 0 Å². The van der Waals surface area contributed by atoms with Crippen molar-refractivity contribution in [1.29, 1.82) is 0 Å². The summed E-state index contributed by atoms with van der Waals surface area (Å²) in [7, 11) is 2.27. The van der Waals surface area contributed by atoms with Crippen molar-refractivity contribution in [2.75, 3.05) is 13.6 Å². The Balaban J connectivity index is 1.54. The summed E-state index contributed by atoms with van der Waals surface area (Å²) in [5, 5.41) is 3.81. The third-order valence-corrected chi connectivity index (χ3v) is 5.64. The fourth-order valence-corrected chi connectivity index (χ4v) is 4.12. The quantitative estimate of drug-likeness (QED) is 0.904. The smallest absolute Gasteiger partial charge is 0.141 e. The molecule has 4 heteroatoms. The van der Waals surface area contributed by atoms with Crippen LogP contribution < -0.4 is 5.32 Å². The van der Waals surface area contributed by atoms with Gasteiger partial charge in [0.2, 0.25) is 0 Å². The Kier molecular flexibility index (Phi) is 4.53. The van der Waals surface area contributed by atoms with Gasteiger partial charge in [-0.1, -0.05) is 17.7 Å². The number of nitrogens with zero attached hydrogens (tertiary/aromatic N) is 1. The molecule has 0 spiro atoms. The molecule has 1 aromatic carbocycles. The Bertz CT molecular complexity index is 494. The van der Waals surface area contributed by atoms with Crippen molar-refractivity contribution in [2.45, 2.75) is 50.7 Å². The maximum absolute atomic E-state index is 13.2. The lowest BCUT2D eigenvalue weighted by Crippen LogP contribution is -2.42. The van der Waals surface area contributed by atoms with Gasteiger partial charge in [-0.05, 0) is 69.8 Å². The Morgan fingerprint density at radius 1 is 1.33 bits per heavy atom. The van der Waals surface area contributed by atoms with Crippen LogP contribution in [0, 0.1) is 11.7 Å². The Morgan fingerprint density at radius 2 is 2.00 bits per heavy atom. The van der Waals surface area contributed by atoms with Gasteiger partial charge in [0.05, 0.1) is 5.02 Å². The van der Waals surface area contributed by atoms with E-state index in [-0.39, 0.29) is 16.9 Å². The summed E-state index contributed by atoms with van der Waals surface area (Å²) in [5.41, 5.74) is 1.05. The molecule has 1 N–H and O–H groups in total. The number of hydrogen-bond donors (Lipinski definition) is 1. The second-order valence-electron chi connectivity index (χ2n) is 6.69. The van der Waals surface area contributed by atoms with Gasteiger partial charge in [0.1, 0.15) is 5.82 Å². The largest absolute Gasteiger partial charge is 0.310 e. The Labute approximate surface area is 131 Å². The minimum Gasteiger partial charge on any atom is -0.310 e. The molecular formula is C17H24ClFN2. The minimum absolute atomic E-state index is 0.207. The van der Waals surface area contributed by atoms with Crippen LogP contribution in [0.5, 0.6) is 0 Å². The summed E-state index contributed by atoms with van der Waals surface area (Å²) in [6.07, 6.45) is 5.33. The van der Waals surface area contributed by atoms with E-state index in [2.05, 4.69) is 24.2 Å². The van der Waals surface area contributed by atoms with Gasteiger partial charge in [-0.15, -0.1) is 0 Å². The average Bonchev–Trinajstić information content (AvgIpc) is 2.69. The predicted octanol–water partition coefficient (Wildman–Crippen LogP) is 4.00. The standard InChI is InChI=1S/C17H24ClFN2/c1-11(13-3-6-17(19)16(18)9-13)20-10-12-7-14-4-5-15(8-12)21(14)2/h3,6,9,11-12,14-15,20H,4-5,7-8,10H2,1-2H3. The van der Waals surface area contributed by atoms with Crippen molar-refractivity contribution in [3.8, 4) is 0 Å². The van der Waals surface area contributed by atoms with Crippen LogP contribution in [0.4, 0.5) is 4.39 Å². The number of halogens is 2. The SMILES string of the molecule is CC(NCC1CC2CCC(C1)N2C)c1ccc(F)c(Cl)c1. The summed E-state index contributed by atoms with van der Waals surface area (Å²) in [4.78, 5) is 2.57. The van der Waals surface area contributed by atoms with Crippen LogP contribution in [0.15, 0.2) is 18.2 Å². The lowest BCUT2D eigenvalue weighted by Gasteiger charge is -2.36. The second kappa shape index (κ2) is 6.23. The van der Waals surface area contributed by atoms with Gasteiger partial charge in [-0.2, -0.15) is 0 Å². The highest BCUT2D eigenvalue weighted by atomic mass is 35.5. The fraction of sp³-hybridized carbons (Fsp3) is 0.647. The van der Waals surface area contributed by atoms with Gasteiger partial charge in [-0.25, -0.2) is 4.39 Å². The molecule has 0 aliphatic carbocycles. The first-order valence-corrected chi connectivity index (χ1v) is 8.32. The number of rotatable bonds is 4. The molecule has 3 rings (SSSR count). The molecule has 0 amide bonds. The first-order valence-electron chi connectivity index (χ1n) is 7.95. The monoisotopic (exact) mass is 310 g/mol. The number of hydrogen-bond acceptors (Lipinski definition) is 2. The Hall–Kier alpha value is -0.640. The third-order valence-electron chi connectivity index (χ3n) is 5.35. The van der Waals surface area contributed by atoms with E-state index >= 15 is 0 Å². The molecular weight excluding hydrogens is 287 g/mol. The van der Waals surface area contributed by atoms with Crippen molar-refractivity contribution in [3.63, 3.8) is 0 Å². The number of nitrogens with one attached hydrogen (secondary N) is 1. The first kappa shape index (κ1) is 15.3. The number of fused-ring (bicyclic) bond motifs is 2. The molecule has 116 valence electrons. The topological polar surface area (TPSA) is 15.3 Å². The number of piperidine rings is 1. The van der Waals surface area contributed by atoms with E-state index in [1.807, 2.05) is 6.07 Å². The lowest BCUT2D eigenvalue weighted by molar-refractivity contribution is 0.131. The number of benzene rings is 1. The second-order valence-corrected chi connectivity index (χ2v) is 7.10.